The van der Waals surface area contributed by atoms with Gasteiger partial charge < -0.3 is 15.5 Å². The molecule has 2 heterocycles. The van der Waals surface area contributed by atoms with Gasteiger partial charge in [0.05, 0.1) is 24.7 Å². The number of alkyl halides is 2. The van der Waals surface area contributed by atoms with Gasteiger partial charge in [-0.15, -0.1) is 0 Å². The van der Waals surface area contributed by atoms with Crippen molar-refractivity contribution in [1.82, 2.24) is 15.2 Å². The van der Waals surface area contributed by atoms with Crippen LogP contribution in [0.1, 0.15) is 44.9 Å². The topological polar surface area (TPSA) is 81.0 Å². The van der Waals surface area contributed by atoms with Crippen LogP contribution in [0.2, 0.25) is 0 Å². The molecule has 34 heavy (non-hydrogen) atoms. The molecule has 2 aromatic rings. The van der Waals surface area contributed by atoms with Crippen molar-refractivity contribution in [1.29, 1.82) is 5.26 Å². The molecule has 1 amide bonds. The first-order chi connectivity index (χ1) is 16.3. The van der Waals surface area contributed by atoms with Crippen LogP contribution in [0, 0.1) is 23.2 Å². The lowest BCUT2D eigenvalue weighted by Crippen LogP contribution is -2.67. The molecule has 4 aliphatic carbocycles. The van der Waals surface area contributed by atoms with Crippen LogP contribution < -0.4 is 10.6 Å². The number of para-hydroxylation sites is 1. The molecule has 4 saturated carbocycles. The SMILES string of the molecule is N#C[C@@H]1CC(F)(F)CN1C(=O)CNC12CC3CC(C1)CC(Nc1ccc4ccccc4n1)(C3)C2. The molecule has 0 radical (unpaired) electrons. The first-order valence-corrected chi connectivity index (χ1v) is 12.2. The molecule has 4 bridgehead atoms. The molecular weight excluding hydrogens is 436 g/mol. The van der Waals surface area contributed by atoms with E-state index in [0.717, 1.165) is 53.7 Å². The molecule has 6 nitrogen and oxygen atoms in total. The van der Waals surface area contributed by atoms with Gasteiger partial charge in [-0.1, -0.05) is 18.2 Å². The number of nitrogens with one attached hydrogen (secondary N) is 2. The van der Waals surface area contributed by atoms with Gasteiger partial charge in [0.2, 0.25) is 5.91 Å². The molecule has 2 N–H and O–H groups in total. The van der Waals surface area contributed by atoms with E-state index in [9.17, 15) is 18.8 Å². The quantitative estimate of drug-likeness (QED) is 0.695. The average Bonchev–Trinajstić information content (AvgIpc) is 3.11. The maximum Gasteiger partial charge on any atom is 0.268 e. The van der Waals surface area contributed by atoms with Gasteiger partial charge >= 0.3 is 0 Å². The van der Waals surface area contributed by atoms with Gasteiger partial charge in [-0.3, -0.25) is 4.79 Å². The fourth-order valence-corrected chi connectivity index (χ4v) is 7.58. The third-order valence-corrected chi connectivity index (χ3v) is 8.41. The number of hydrogen-bond donors (Lipinski definition) is 2. The number of aromatic nitrogens is 1. The van der Waals surface area contributed by atoms with Gasteiger partial charge in [0.15, 0.2) is 0 Å². The molecule has 1 aliphatic heterocycles. The van der Waals surface area contributed by atoms with Crippen molar-refractivity contribution >= 4 is 22.6 Å². The highest BCUT2D eigenvalue weighted by Gasteiger charge is 2.58. The summed E-state index contributed by atoms with van der Waals surface area (Å²) in [6.07, 6.45) is 5.70. The Morgan fingerprint density at radius 3 is 2.59 bits per heavy atom. The number of halogens is 2. The van der Waals surface area contributed by atoms with Crippen molar-refractivity contribution in [2.75, 3.05) is 18.4 Å². The van der Waals surface area contributed by atoms with Crippen LogP contribution in [0.3, 0.4) is 0 Å². The van der Waals surface area contributed by atoms with Gasteiger partial charge in [-0.2, -0.15) is 5.26 Å². The standard InChI is InChI=1S/C26H29F2N5O/c27-26(28)12-20(13-29)33(16-26)23(34)14-30-24-8-17-7-18(9-24)11-25(10-17,15-24)32-22-6-5-19-3-1-2-4-21(19)31-22/h1-6,17-18,20,30H,7-12,14-16H2,(H,31,32)/t17?,18?,20-,24?,25?/m0/s1. The highest BCUT2D eigenvalue weighted by molar-refractivity contribution is 5.80. The summed E-state index contributed by atoms with van der Waals surface area (Å²) in [5, 5.41) is 17.6. The monoisotopic (exact) mass is 465 g/mol. The molecule has 1 aromatic heterocycles. The van der Waals surface area contributed by atoms with E-state index in [-0.39, 0.29) is 17.6 Å². The number of anilines is 1. The number of carbonyl (C=O) groups excluding carboxylic acids is 1. The molecule has 1 saturated heterocycles. The second-order valence-electron chi connectivity index (χ2n) is 11.1. The minimum absolute atomic E-state index is 0.00198. The zero-order chi connectivity index (χ0) is 23.6. The number of benzene rings is 1. The number of fused-ring (bicyclic) bond motifs is 1. The maximum atomic E-state index is 13.8. The summed E-state index contributed by atoms with van der Waals surface area (Å²) in [5.74, 6) is -1.38. The van der Waals surface area contributed by atoms with Crippen molar-refractivity contribution in [2.45, 2.75) is 68.0 Å². The lowest BCUT2D eigenvalue weighted by molar-refractivity contribution is -0.132. The summed E-state index contributed by atoms with van der Waals surface area (Å²) < 4.78 is 27.6. The Morgan fingerprint density at radius 1 is 1.09 bits per heavy atom. The minimum atomic E-state index is -2.99. The Bertz CT molecular complexity index is 1160. The van der Waals surface area contributed by atoms with E-state index in [1.54, 1.807) is 0 Å². The van der Waals surface area contributed by atoms with E-state index in [4.69, 9.17) is 4.98 Å². The van der Waals surface area contributed by atoms with Crippen molar-refractivity contribution < 1.29 is 13.6 Å². The number of pyridine rings is 1. The van der Waals surface area contributed by atoms with Crippen molar-refractivity contribution in [3.05, 3.63) is 36.4 Å². The smallest absolute Gasteiger partial charge is 0.268 e. The number of amides is 1. The highest BCUT2D eigenvalue weighted by atomic mass is 19.3. The fourth-order valence-electron chi connectivity index (χ4n) is 7.58. The van der Waals surface area contributed by atoms with Gasteiger partial charge in [-0.05, 0) is 68.6 Å². The predicted octanol–water partition coefficient (Wildman–Crippen LogP) is 4.09. The Morgan fingerprint density at radius 2 is 1.82 bits per heavy atom. The molecule has 8 heteroatoms. The Hall–Kier alpha value is -2.79. The molecule has 5 fully saturated rings. The molecule has 0 spiro atoms. The van der Waals surface area contributed by atoms with Crippen LogP contribution in [0.15, 0.2) is 36.4 Å². The second kappa shape index (κ2) is 7.61. The predicted molar refractivity (Wildman–Crippen MR) is 124 cm³/mol. The lowest BCUT2D eigenvalue weighted by atomic mass is 9.50. The normalized spacial score (nSPS) is 35.4. The number of hydrogen-bond acceptors (Lipinski definition) is 5. The number of nitriles is 1. The summed E-state index contributed by atoms with van der Waals surface area (Å²) in [6.45, 7) is -0.666. The van der Waals surface area contributed by atoms with Crippen LogP contribution in [-0.2, 0) is 4.79 Å². The Balaban J connectivity index is 1.19. The third-order valence-electron chi connectivity index (χ3n) is 8.41. The summed E-state index contributed by atoms with van der Waals surface area (Å²) in [4.78, 5) is 18.7. The zero-order valence-corrected chi connectivity index (χ0v) is 19.1. The summed E-state index contributed by atoms with van der Waals surface area (Å²) in [7, 11) is 0. The fraction of sp³-hybridized carbons (Fsp3) is 0.577. The summed E-state index contributed by atoms with van der Waals surface area (Å²) in [6, 6.07) is 13.0. The average molecular weight is 466 g/mol. The molecule has 3 atom stereocenters. The Kier molecular flexibility index (Phi) is 4.86. The van der Waals surface area contributed by atoms with Crippen LogP contribution in [-0.4, -0.2) is 51.9 Å². The summed E-state index contributed by atoms with van der Waals surface area (Å²) >= 11 is 0. The molecule has 7 rings (SSSR count). The van der Waals surface area contributed by atoms with Crippen LogP contribution >= 0.6 is 0 Å². The molecule has 5 aliphatic rings. The van der Waals surface area contributed by atoms with Crippen molar-refractivity contribution in [3.63, 3.8) is 0 Å². The van der Waals surface area contributed by atoms with Crippen LogP contribution in [0.4, 0.5) is 14.6 Å². The number of carbonyl (C=O) groups is 1. The summed E-state index contributed by atoms with van der Waals surface area (Å²) in [5.41, 5.74) is 0.699. The first-order valence-electron chi connectivity index (χ1n) is 12.2. The van der Waals surface area contributed by atoms with E-state index in [2.05, 4.69) is 22.8 Å². The van der Waals surface area contributed by atoms with Crippen molar-refractivity contribution in [3.8, 4) is 6.07 Å². The van der Waals surface area contributed by atoms with Gasteiger partial charge in [-0.25, -0.2) is 13.8 Å². The highest BCUT2D eigenvalue weighted by Crippen LogP contribution is 2.58. The van der Waals surface area contributed by atoms with E-state index in [1.807, 2.05) is 30.3 Å². The first kappa shape index (κ1) is 21.7. The largest absolute Gasteiger partial charge is 0.365 e. The number of nitrogens with zero attached hydrogens (tertiary/aromatic N) is 3. The molecule has 1 aromatic carbocycles. The molecule has 2 unspecified atom stereocenters. The van der Waals surface area contributed by atoms with Crippen LogP contribution in [0.25, 0.3) is 10.9 Å². The minimum Gasteiger partial charge on any atom is -0.365 e. The second-order valence-corrected chi connectivity index (χ2v) is 11.1. The van der Waals surface area contributed by atoms with Gasteiger partial charge in [0.25, 0.3) is 5.92 Å². The third kappa shape index (κ3) is 3.80. The molecular formula is C26H29F2N5O. The number of rotatable bonds is 5. The van der Waals surface area contributed by atoms with Crippen molar-refractivity contribution in [2.24, 2.45) is 11.8 Å². The number of likely N-dealkylation sites (tertiary alicyclic amines) is 1. The lowest BCUT2D eigenvalue weighted by Gasteiger charge is -2.62. The zero-order valence-electron chi connectivity index (χ0n) is 19.1. The maximum absolute atomic E-state index is 13.8. The van der Waals surface area contributed by atoms with E-state index >= 15 is 0 Å². The van der Waals surface area contributed by atoms with E-state index < -0.39 is 30.8 Å². The van der Waals surface area contributed by atoms with E-state index in [1.165, 1.54) is 6.42 Å². The van der Waals surface area contributed by atoms with Gasteiger partial charge in [0, 0.05) is 22.9 Å². The molecule has 178 valence electrons. The van der Waals surface area contributed by atoms with E-state index in [0.29, 0.717) is 11.8 Å². The Labute approximate surface area is 197 Å². The van der Waals surface area contributed by atoms with Gasteiger partial charge in [0.1, 0.15) is 11.9 Å². The van der Waals surface area contributed by atoms with Crippen LogP contribution in [0.5, 0.6) is 0 Å².